The largest absolute Gasteiger partial charge is 0.484 e. The molecule has 0 radical (unpaired) electrons. The van der Waals surface area contributed by atoms with Crippen molar-refractivity contribution in [2.24, 2.45) is 5.10 Å². The van der Waals surface area contributed by atoms with E-state index < -0.39 is 0 Å². The van der Waals surface area contributed by atoms with Crippen molar-refractivity contribution in [2.45, 2.75) is 0 Å². The molecule has 2 aromatic carbocycles. The second-order valence-corrected chi connectivity index (χ2v) is 5.20. The minimum Gasteiger partial charge on any atom is -0.484 e. The first-order valence-electron chi connectivity index (χ1n) is 7.83. The highest BCUT2D eigenvalue weighted by molar-refractivity contribution is 6.12. The van der Waals surface area contributed by atoms with E-state index in [9.17, 15) is 4.79 Å². The van der Waals surface area contributed by atoms with Crippen molar-refractivity contribution < 1.29 is 9.53 Å². The summed E-state index contributed by atoms with van der Waals surface area (Å²) >= 11 is 0. The van der Waals surface area contributed by atoms with Crippen LogP contribution in [0.15, 0.2) is 90.3 Å². The van der Waals surface area contributed by atoms with Crippen LogP contribution in [0, 0.1) is 0 Å². The Morgan fingerprint density at radius 1 is 0.920 bits per heavy atom. The van der Waals surface area contributed by atoms with E-state index in [4.69, 9.17) is 4.74 Å². The van der Waals surface area contributed by atoms with E-state index in [0.29, 0.717) is 11.5 Å². The summed E-state index contributed by atoms with van der Waals surface area (Å²) in [6.45, 7) is -0.109. The lowest BCUT2D eigenvalue weighted by Gasteiger charge is -2.08. The van der Waals surface area contributed by atoms with Crippen molar-refractivity contribution in [1.29, 1.82) is 0 Å². The van der Waals surface area contributed by atoms with E-state index >= 15 is 0 Å². The molecule has 5 nitrogen and oxygen atoms in total. The monoisotopic (exact) mass is 331 g/mol. The highest BCUT2D eigenvalue weighted by Gasteiger charge is 2.08. The molecule has 5 heteroatoms. The van der Waals surface area contributed by atoms with Gasteiger partial charge in [-0.15, -0.1) is 0 Å². The molecule has 0 saturated heterocycles. The van der Waals surface area contributed by atoms with Crippen LogP contribution in [0.3, 0.4) is 0 Å². The molecule has 3 rings (SSSR count). The van der Waals surface area contributed by atoms with Crippen molar-refractivity contribution in [2.75, 3.05) is 6.61 Å². The molecule has 1 N–H and O–H groups in total. The third-order valence-corrected chi connectivity index (χ3v) is 3.39. The zero-order valence-corrected chi connectivity index (χ0v) is 13.5. The van der Waals surface area contributed by atoms with Gasteiger partial charge in [0.15, 0.2) is 6.61 Å². The van der Waals surface area contributed by atoms with Crippen LogP contribution in [-0.2, 0) is 4.79 Å². The van der Waals surface area contributed by atoms with Gasteiger partial charge in [-0.05, 0) is 24.3 Å². The second-order valence-electron chi connectivity index (χ2n) is 5.20. The van der Waals surface area contributed by atoms with Crippen LogP contribution < -0.4 is 10.2 Å². The number of nitrogens with zero attached hydrogens (tertiary/aromatic N) is 2. The summed E-state index contributed by atoms with van der Waals surface area (Å²) in [5.41, 5.74) is 4.89. The maximum absolute atomic E-state index is 12.0. The summed E-state index contributed by atoms with van der Waals surface area (Å²) in [6, 6.07) is 22.5. The lowest BCUT2D eigenvalue weighted by molar-refractivity contribution is -0.123. The van der Waals surface area contributed by atoms with Gasteiger partial charge in [0.25, 0.3) is 5.91 Å². The maximum atomic E-state index is 12.0. The van der Waals surface area contributed by atoms with Gasteiger partial charge in [0.1, 0.15) is 5.75 Å². The number of nitrogens with one attached hydrogen (secondary N) is 1. The van der Waals surface area contributed by atoms with Gasteiger partial charge in [-0.3, -0.25) is 9.78 Å². The van der Waals surface area contributed by atoms with Gasteiger partial charge in [0, 0.05) is 23.5 Å². The first kappa shape index (κ1) is 16.4. The van der Waals surface area contributed by atoms with Crippen LogP contribution in [0.2, 0.25) is 0 Å². The number of rotatable bonds is 6. The van der Waals surface area contributed by atoms with Crippen LogP contribution >= 0.6 is 0 Å². The Morgan fingerprint density at radius 3 is 2.28 bits per heavy atom. The molecule has 0 aliphatic heterocycles. The summed E-state index contributed by atoms with van der Waals surface area (Å²) in [7, 11) is 0. The number of hydrazone groups is 1. The lowest BCUT2D eigenvalue weighted by Crippen LogP contribution is -2.26. The quantitative estimate of drug-likeness (QED) is 0.558. The Kier molecular flexibility index (Phi) is 5.51. The fourth-order valence-electron chi connectivity index (χ4n) is 2.21. The van der Waals surface area contributed by atoms with Gasteiger partial charge in [0.05, 0.1) is 5.71 Å². The highest BCUT2D eigenvalue weighted by atomic mass is 16.5. The summed E-state index contributed by atoms with van der Waals surface area (Å²) < 4.78 is 5.42. The number of aromatic nitrogens is 1. The molecule has 0 spiro atoms. The Balaban J connectivity index is 1.72. The molecule has 0 aliphatic rings. The van der Waals surface area contributed by atoms with E-state index in [1.54, 1.807) is 24.5 Å². The van der Waals surface area contributed by atoms with Gasteiger partial charge in [-0.25, -0.2) is 5.43 Å². The number of hydrogen-bond donors (Lipinski definition) is 1. The van der Waals surface area contributed by atoms with Crippen molar-refractivity contribution in [3.05, 3.63) is 96.3 Å². The summed E-state index contributed by atoms with van der Waals surface area (Å²) in [5.74, 6) is 0.304. The number of carbonyl (C=O) groups excluding carboxylic acids is 1. The Hall–Kier alpha value is -3.47. The Bertz CT molecular complexity index is 793. The average molecular weight is 331 g/mol. The number of amides is 1. The molecule has 1 amide bonds. The number of para-hydroxylation sites is 1. The standard InChI is InChI=1S/C20H17N3O2/c24-19(15-25-18-11-5-2-6-12-18)22-23-20(16-8-3-1-4-9-16)17-10-7-13-21-14-17/h1-14H,15H2,(H,22,24)/b23-20-. The van der Waals surface area contributed by atoms with Gasteiger partial charge in [-0.2, -0.15) is 5.10 Å². The zero-order valence-electron chi connectivity index (χ0n) is 13.5. The van der Waals surface area contributed by atoms with E-state index in [1.165, 1.54) is 0 Å². The predicted octanol–water partition coefficient (Wildman–Crippen LogP) is 3.03. The third kappa shape index (κ3) is 4.75. The zero-order chi connectivity index (χ0) is 17.3. The van der Waals surface area contributed by atoms with Crippen molar-refractivity contribution in [3.8, 4) is 5.75 Å². The molecule has 0 aliphatic carbocycles. The van der Waals surface area contributed by atoms with E-state index in [0.717, 1.165) is 11.1 Å². The van der Waals surface area contributed by atoms with Crippen molar-refractivity contribution >= 4 is 11.6 Å². The second kappa shape index (κ2) is 8.40. The summed E-state index contributed by atoms with van der Waals surface area (Å²) in [4.78, 5) is 16.1. The fraction of sp³-hybridized carbons (Fsp3) is 0.0500. The van der Waals surface area contributed by atoms with Crippen LogP contribution in [-0.4, -0.2) is 23.2 Å². The average Bonchev–Trinajstić information content (AvgIpc) is 2.69. The topological polar surface area (TPSA) is 63.6 Å². The molecule has 0 unspecified atom stereocenters. The molecule has 25 heavy (non-hydrogen) atoms. The van der Waals surface area contributed by atoms with Gasteiger partial charge >= 0.3 is 0 Å². The first-order valence-corrected chi connectivity index (χ1v) is 7.83. The molecule has 1 aromatic heterocycles. The fourth-order valence-corrected chi connectivity index (χ4v) is 2.21. The number of benzene rings is 2. The normalized spacial score (nSPS) is 11.0. The van der Waals surface area contributed by atoms with E-state index in [-0.39, 0.29) is 12.5 Å². The molecular formula is C20H17N3O2. The molecular weight excluding hydrogens is 314 g/mol. The molecule has 0 saturated carbocycles. The molecule has 3 aromatic rings. The molecule has 124 valence electrons. The van der Waals surface area contributed by atoms with Crippen LogP contribution in [0.25, 0.3) is 0 Å². The van der Waals surface area contributed by atoms with E-state index in [1.807, 2.05) is 60.7 Å². The van der Waals surface area contributed by atoms with Crippen molar-refractivity contribution in [1.82, 2.24) is 10.4 Å². The minimum absolute atomic E-state index is 0.109. The van der Waals surface area contributed by atoms with Crippen molar-refractivity contribution in [3.63, 3.8) is 0 Å². The number of pyridine rings is 1. The van der Waals surface area contributed by atoms with Crippen LogP contribution in [0.5, 0.6) is 5.75 Å². The molecule has 0 bridgehead atoms. The predicted molar refractivity (Wildman–Crippen MR) is 96.4 cm³/mol. The van der Waals surface area contributed by atoms with Crippen LogP contribution in [0.4, 0.5) is 0 Å². The number of hydrogen-bond acceptors (Lipinski definition) is 4. The lowest BCUT2D eigenvalue weighted by atomic mass is 10.0. The Morgan fingerprint density at radius 2 is 1.60 bits per heavy atom. The highest BCUT2D eigenvalue weighted by Crippen LogP contribution is 2.10. The number of ether oxygens (including phenoxy) is 1. The molecule has 0 atom stereocenters. The third-order valence-electron chi connectivity index (χ3n) is 3.39. The minimum atomic E-state index is -0.332. The van der Waals surface area contributed by atoms with Gasteiger partial charge in [0.2, 0.25) is 0 Å². The molecule has 1 heterocycles. The van der Waals surface area contributed by atoms with Gasteiger partial charge < -0.3 is 4.74 Å². The van der Waals surface area contributed by atoms with Gasteiger partial charge in [-0.1, -0.05) is 48.5 Å². The Labute approximate surface area is 146 Å². The SMILES string of the molecule is O=C(COc1ccccc1)N/N=C(/c1ccccc1)c1cccnc1. The number of carbonyl (C=O) groups is 1. The maximum Gasteiger partial charge on any atom is 0.277 e. The van der Waals surface area contributed by atoms with Crippen LogP contribution in [0.1, 0.15) is 11.1 Å². The molecule has 0 fully saturated rings. The first-order chi connectivity index (χ1) is 12.3. The smallest absolute Gasteiger partial charge is 0.277 e. The summed E-state index contributed by atoms with van der Waals surface area (Å²) in [5, 5.41) is 4.27. The summed E-state index contributed by atoms with van der Waals surface area (Å²) in [6.07, 6.45) is 3.40. The van der Waals surface area contributed by atoms with E-state index in [2.05, 4.69) is 15.5 Å².